The van der Waals surface area contributed by atoms with Crippen LogP contribution in [0.15, 0.2) is 0 Å². The van der Waals surface area contributed by atoms with Gasteiger partial charge in [-0.05, 0) is 13.8 Å². The molecule has 1 rings (SSSR count). The molecule has 8 heteroatoms. The smallest absolute Gasteiger partial charge is 0.261 e. The molecule has 0 saturated heterocycles. The number of nitro groups is 1. The second-order valence-corrected chi connectivity index (χ2v) is 5.89. The van der Waals surface area contributed by atoms with Crippen molar-refractivity contribution in [3.8, 4) is 0 Å². The summed E-state index contributed by atoms with van der Waals surface area (Å²) in [6.07, 6.45) is 1.12. The Bertz CT molecular complexity index is 518. The summed E-state index contributed by atoms with van der Waals surface area (Å²) < 4.78 is 23.3. The highest BCUT2D eigenvalue weighted by Gasteiger charge is 2.21. The van der Waals surface area contributed by atoms with Crippen LogP contribution in [0.5, 0.6) is 0 Å². The molecule has 0 aliphatic carbocycles. The van der Waals surface area contributed by atoms with Crippen LogP contribution < -0.4 is 0 Å². The van der Waals surface area contributed by atoms with E-state index in [0.717, 1.165) is 6.26 Å². The van der Waals surface area contributed by atoms with Crippen molar-refractivity contribution >= 4 is 15.5 Å². The summed E-state index contributed by atoms with van der Waals surface area (Å²) in [5.41, 5.74) is 0.635. The van der Waals surface area contributed by atoms with Gasteiger partial charge in [-0.1, -0.05) is 0 Å². The van der Waals surface area contributed by atoms with Crippen LogP contribution in [0.25, 0.3) is 0 Å². The minimum atomic E-state index is -3.09. The van der Waals surface area contributed by atoms with Gasteiger partial charge in [-0.2, -0.15) is 5.10 Å². The van der Waals surface area contributed by atoms with Crippen molar-refractivity contribution in [1.82, 2.24) is 9.78 Å². The van der Waals surface area contributed by atoms with E-state index in [1.165, 1.54) is 11.6 Å². The third-order valence-electron chi connectivity index (χ3n) is 2.20. The maximum atomic E-state index is 11.0. The molecule has 0 aromatic carbocycles. The van der Waals surface area contributed by atoms with Crippen LogP contribution >= 0.6 is 0 Å². The van der Waals surface area contributed by atoms with Crippen LogP contribution in [0, 0.1) is 24.0 Å². The van der Waals surface area contributed by atoms with Crippen LogP contribution in [0.3, 0.4) is 0 Å². The number of hydrogen-bond donors (Lipinski definition) is 0. The maximum absolute atomic E-state index is 11.0. The molecule has 0 atom stereocenters. The molecular formula is C8H13N3O4S. The second kappa shape index (κ2) is 4.20. The number of rotatable bonds is 4. The summed E-state index contributed by atoms with van der Waals surface area (Å²) in [6.45, 7) is 3.22. The van der Waals surface area contributed by atoms with Gasteiger partial charge < -0.3 is 0 Å². The molecule has 90 valence electrons. The second-order valence-electron chi connectivity index (χ2n) is 3.63. The molecule has 0 aliphatic heterocycles. The van der Waals surface area contributed by atoms with Crippen LogP contribution in [0.2, 0.25) is 0 Å². The van der Waals surface area contributed by atoms with Crippen molar-refractivity contribution < 1.29 is 13.3 Å². The summed E-state index contributed by atoms with van der Waals surface area (Å²) in [5, 5.41) is 14.6. The molecule has 0 bridgehead atoms. The Balaban J connectivity index is 3.00. The van der Waals surface area contributed by atoms with Crippen molar-refractivity contribution in [2.75, 3.05) is 12.0 Å². The SMILES string of the molecule is Cc1nn(CCS(C)(=O)=O)c(C)c1[N+](=O)[O-]. The Hall–Kier alpha value is -1.44. The molecule has 0 fully saturated rings. The first-order valence-electron chi connectivity index (χ1n) is 4.58. The normalized spacial score (nSPS) is 11.7. The highest BCUT2D eigenvalue weighted by atomic mass is 32.2. The van der Waals surface area contributed by atoms with Gasteiger partial charge >= 0.3 is 5.69 Å². The molecule has 1 heterocycles. The molecule has 1 aromatic rings. The van der Waals surface area contributed by atoms with E-state index in [-0.39, 0.29) is 18.0 Å². The van der Waals surface area contributed by atoms with Gasteiger partial charge in [-0.25, -0.2) is 8.42 Å². The topological polar surface area (TPSA) is 95.1 Å². The minimum Gasteiger partial charge on any atom is -0.261 e. The van der Waals surface area contributed by atoms with Gasteiger partial charge in [0.25, 0.3) is 0 Å². The maximum Gasteiger partial charge on any atom is 0.312 e. The number of aromatic nitrogens is 2. The Morgan fingerprint density at radius 1 is 1.44 bits per heavy atom. The molecule has 0 unspecified atom stereocenters. The van der Waals surface area contributed by atoms with Crippen molar-refractivity contribution in [3.63, 3.8) is 0 Å². The zero-order chi connectivity index (χ0) is 12.5. The van der Waals surface area contributed by atoms with E-state index in [9.17, 15) is 18.5 Å². The first-order valence-corrected chi connectivity index (χ1v) is 6.64. The summed E-state index contributed by atoms with van der Waals surface area (Å²) in [6, 6.07) is 0. The van der Waals surface area contributed by atoms with E-state index >= 15 is 0 Å². The minimum absolute atomic E-state index is 0.0477. The summed E-state index contributed by atoms with van der Waals surface area (Å²) in [7, 11) is -3.09. The third-order valence-corrected chi connectivity index (χ3v) is 3.12. The van der Waals surface area contributed by atoms with Crippen LogP contribution in [-0.2, 0) is 16.4 Å². The average molecular weight is 247 g/mol. The lowest BCUT2D eigenvalue weighted by Gasteiger charge is -2.01. The molecule has 0 amide bonds. The lowest BCUT2D eigenvalue weighted by atomic mass is 10.3. The van der Waals surface area contributed by atoms with Gasteiger partial charge in [0.15, 0.2) is 0 Å². The molecule has 0 N–H and O–H groups in total. The highest BCUT2D eigenvalue weighted by Crippen LogP contribution is 2.21. The fourth-order valence-electron chi connectivity index (χ4n) is 1.42. The van der Waals surface area contributed by atoms with Crippen LogP contribution in [0.4, 0.5) is 5.69 Å². The molecule has 1 aromatic heterocycles. The molecule has 16 heavy (non-hydrogen) atoms. The lowest BCUT2D eigenvalue weighted by molar-refractivity contribution is -0.386. The fourth-order valence-corrected chi connectivity index (χ4v) is 1.93. The summed E-state index contributed by atoms with van der Waals surface area (Å²) in [5.74, 6) is -0.0773. The van der Waals surface area contributed by atoms with Gasteiger partial charge in [0, 0.05) is 6.26 Å². The quantitative estimate of drug-likeness (QED) is 0.568. The van der Waals surface area contributed by atoms with E-state index in [1.54, 1.807) is 6.92 Å². The molecule has 0 aliphatic rings. The third kappa shape index (κ3) is 2.78. The van der Waals surface area contributed by atoms with Crippen molar-refractivity contribution in [2.24, 2.45) is 0 Å². The Morgan fingerprint density at radius 2 is 2.00 bits per heavy atom. The van der Waals surface area contributed by atoms with Crippen LogP contribution in [-0.4, -0.2) is 35.1 Å². The Kier molecular flexibility index (Phi) is 3.32. The molecule has 0 saturated carbocycles. The zero-order valence-electron chi connectivity index (χ0n) is 9.30. The predicted octanol–water partition coefficient (Wildman–Crippen LogP) is 0.453. The molecule has 7 nitrogen and oxygen atoms in total. The van der Waals surface area contributed by atoms with E-state index in [2.05, 4.69) is 5.10 Å². The lowest BCUT2D eigenvalue weighted by Crippen LogP contribution is -2.13. The first kappa shape index (κ1) is 12.6. The van der Waals surface area contributed by atoms with Crippen molar-refractivity contribution in [3.05, 3.63) is 21.5 Å². The van der Waals surface area contributed by atoms with E-state index < -0.39 is 14.8 Å². The molecular weight excluding hydrogens is 234 g/mol. The zero-order valence-corrected chi connectivity index (χ0v) is 10.1. The van der Waals surface area contributed by atoms with Gasteiger partial charge in [-0.15, -0.1) is 0 Å². The van der Waals surface area contributed by atoms with Gasteiger partial charge in [-0.3, -0.25) is 14.8 Å². The fraction of sp³-hybridized carbons (Fsp3) is 0.625. The van der Waals surface area contributed by atoms with Gasteiger partial charge in [0.05, 0.1) is 17.2 Å². The predicted molar refractivity (Wildman–Crippen MR) is 58.1 cm³/mol. The Labute approximate surface area is 93.1 Å². The first-order chi connectivity index (χ1) is 7.22. The van der Waals surface area contributed by atoms with E-state index in [0.29, 0.717) is 11.4 Å². The van der Waals surface area contributed by atoms with Gasteiger partial charge in [0.1, 0.15) is 21.2 Å². The Morgan fingerprint density at radius 3 is 2.38 bits per heavy atom. The largest absolute Gasteiger partial charge is 0.312 e. The van der Waals surface area contributed by atoms with E-state index in [1.807, 2.05) is 0 Å². The van der Waals surface area contributed by atoms with E-state index in [4.69, 9.17) is 0 Å². The number of nitrogens with zero attached hydrogens (tertiary/aromatic N) is 3. The number of sulfone groups is 1. The highest BCUT2D eigenvalue weighted by molar-refractivity contribution is 7.90. The van der Waals surface area contributed by atoms with Crippen molar-refractivity contribution in [2.45, 2.75) is 20.4 Å². The average Bonchev–Trinajstić information content (AvgIpc) is 2.36. The summed E-state index contributed by atoms with van der Waals surface area (Å²) in [4.78, 5) is 10.2. The molecule has 0 spiro atoms. The summed E-state index contributed by atoms with van der Waals surface area (Å²) >= 11 is 0. The number of aryl methyl sites for hydroxylation is 2. The van der Waals surface area contributed by atoms with Gasteiger partial charge in [0.2, 0.25) is 0 Å². The van der Waals surface area contributed by atoms with Crippen LogP contribution in [0.1, 0.15) is 11.4 Å². The molecule has 0 radical (unpaired) electrons. The standard InChI is InChI=1S/C8H13N3O4S/c1-6-8(11(12)13)7(2)10(9-6)4-5-16(3,14)15/h4-5H2,1-3H3. The number of hydrogen-bond acceptors (Lipinski definition) is 5. The van der Waals surface area contributed by atoms with Crippen molar-refractivity contribution in [1.29, 1.82) is 0 Å². The monoisotopic (exact) mass is 247 g/mol.